The summed E-state index contributed by atoms with van der Waals surface area (Å²) in [7, 11) is 10.1. The van der Waals surface area contributed by atoms with Crippen molar-refractivity contribution in [1.29, 1.82) is 0 Å². The molecule has 13 atom stereocenters. The van der Waals surface area contributed by atoms with E-state index in [1.54, 1.807) is 81.6 Å². The van der Waals surface area contributed by atoms with Crippen molar-refractivity contribution >= 4 is 65.0 Å². The fraction of sp³-hybridized carbons (Fsp3) is 0.803. The van der Waals surface area contributed by atoms with E-state index in [4.69, 9.17) is 9.47 Å². The number of nitrogens with one attached hydrogen (secondary N) is 4. The van der Waals surface area contributed by atoms with Gasteiger partial charge in [-0.25, -0.2) is 0 Å². The molecule has 0 aromatic heterocycles. The molecule has 0 spiro atoms. The zero-order valence-electron chi connectivity index (χ0n) is 59.7. The van der Waals surface area contributed by atoms with E-state index in [2.05, 4.69) is 21.3 Å². The lowest BCUT2D eigenvalue weighted by atomic mass is 9.93. The SMILES string of the molecule is C/C=C/[C@@H](C)[C@@H](O)[C@H]1C(=O)N[C@@H](CC)C(=O)N(CCC)CC(=O)N(C)C([C@@H](C)OCCCCOC)C(=O)N[C@@H](C(C)C)C(=O)N(C)[C@@H](CC(C)C)C(=O)N[C@@H](C)C(=O)N[C@H](C)C(=O)N(C)[C@@H](CC(C)C)C(=O)N(C)[C@@H](CC(C)C)C(=O)N(C)[C@@H](C(C)C)C(=O)N1C. The third-order valence-electron chi connectivity index (χ3n) is 17.0. The number of amides is 11. The normalized spacial score (nSPS) is 26.2. The highest BCUT2D eigenvalue weighted by Gasteiger charge is 2.46. The summed E-state index contributed by atoms with van der Waals surface area (Å²) in [5.74, 6) is -10.1. The van der Waals surface area contributed by atoms with E-state index < -0.39 is 162 Å². The molecule has 1 heterocycles. The van der Waals surface area contributed by atoms with Crippen LogP contribution in [0.3, 0.4) is 0 Å². The number of likely N-dealkylation sites (N-methyl/N-ethyl adjacent to an activating group) is 6. The molecule has 1 aliphatic heterocycles. The maximum absolute atomic E-state index is 15.2. The molecule has 0 aromatic rings. The first-order valence-corrected chi connectivity index (χ1v) is 32.8. The number of ether oxygens (including phenoxy) is 2. The number of methoxy groups -OCH3 is 1. The van der Waals surface area contributed by atoms with Crippen LogP contribution in [0, 0.1) is 35.5 Å². The monoisotopic (exact) mass is 1290 g/mol. The van der Waals surface area contributed by atoms with Crippen LogP contribution in [0.15, 0.2) is 12.2 Å². The third kappa shape index (κ3) is 24.0. The highest BCUT2D eigenvalue weighted by molar-refractivity contribution is 5.99. The minimum Gasteiger partial charge on any atom is -0.390 e. The van der Waals surface area contributed by atoms with Crippen molar-refractivity contribution in [2.45, 2.75) is 235 Å². The van der Waals surface area contributed by atoms with Crippen LogP contribution in [-0.2, 0) is 62.2 Å². The van der Waals surface area contributed by atoms with Crippen molar-refractivity contribution in [2.24, 2.45) is 35.5 Å². The highest BCUT2D eigenvalue weighted by Crippen LogP contribution is 2.25. The average Bonchev–Trinajstić information content (AvgIpc) is 0.957. The number of aliphatic hydroxyl groups excluding tert-OH is 1. The van der Waals surface area contributed by atoms with Gasteiger partial charge in [-0.2, -0.15) is 0 Å². The molecule has 1 saturated heterocycles. The van der Waals surface area contributed by atoms with Crippen LogP contribution < -0.4 is 21.3 Å². The van der Waals surface area contributed by atoms with Crippen LogP contribution >= 0.6 is 0 Å². The van der Waals surface area contributed by atoms with Crippen molar-refractivity contribution < 1.29 is 67.3 Å². The molecule has 25 nitrogen and oxygen atoms in total. The van der Waals surface area contributed by atoms with E-state index in [1.807, 2.05) is 41.5 Å². The lowest BCUT2D eigenvalue weighted by Crippen LogP contribution is -2.63. The summed E-state index contributed by atoms with van der Waals surface area (Å²) in [5.41, 5.74) is 0. The Morgan fingerprint density at radius 1 is 0.516 bits per heavy atom. The van der Waals surface area contributed by atoms with E-state index in [-0.39, 0.29) is 56.6 Å². The number of rotatable bonds is 21. The fourth-order valence-electron chi connectivity index (χ4n) is 11.5. The number of hydrogen-bond donors (Lipinski definition) is 5. The van der Waals surface area contributed by atoms with Crippen molar-refractivity contribution in [1.82, 2.24) is 55.6 Å². The first-order valence-electron chi connectivity index (χ1n) is 32.8. The summed E-state index contributed by atoms with van der Waals surface area (Å²) in [6.45, 7) is 29.5. The van der Waals surface area contributed by atoms with Gasteiger partial charge in [0.2, 0.25) is 65.0 Å². The lowest BCUT2D eigenvalue weighted by molar-refractivity contribution is -0.157. The number of carbonyl (C=O) groups excluding carboxylic acids is 11. The largest absolute Gasteiger partial charge is 0.390 e. The third-order valence-corrected chi connectivity index (χ3v) is 17.0. The Kier molecular flexibility index (Phi) is 35.8. The molecule has 1 rings (SSSR count). The van der Waals surface area contributed by atoms with Crippen LogP contribution in [0.2, 0.25) is 0 Å². The molecule has 0 radical (unpaired) electrons. The summed E-state index contributed by atoms with van der Waals surface area (Å²) in [4.78, 5) is 171. The van der Waals surface area contributed by atoms with Crippen LogP contribution in [0.25, 0.3) is 0 Å². The predicted molar refractivity (Wildman–Crippen MR) is 350 cm³/mol. The van der Waals surface area contributed by atoms with Gasteiger partial charge in [0.25, 0.3) is 0 Å². The summed E-state index contributed by atoms with van der Waals surface area (Å²) in [6, 6.07) is -12.9. The Bertz CT molecular complexity index is 2440. The van der Waals surface area contributed by atoms with E-state index in [9.17, 15) is 43.5 Å². The van der Waals surface area contributed by atoms with Gasteiger partial charge in [-0.05, 0) is 102 Å². The van der Waals surface area contributed by atoms with Crippen LogP contribution in [0.1, 0.15) is 163 Å². The minimum absolute atomic E-state index is 0.00180. The van der Waals surface area contributed by atoms with Crippen LogP contribution in [-0.4, -0.2) is 253 Å². The van der Waals surface area contributed by atoms with Crippen molar-refractivity contribution in [2.75, 3.05) is 75.7 Å². The van der Waals surface area contributed by atoms with Gasteiger partial charge in [-0.1, -0.05) is 102 Å². The van der Waals surface area contributed by atoms with E-state index in [0.717, 1.165) is 9.80 Å². The summed E-state index contributed by atoms with van der Waals surface area (Å²) < 4.78 is 11.4. The maximum Gasteiger partial charge on any atom is 0.246 e. The smallest absolute Gasteiger partial charge is 0.246 e. The van der Waals surface area contributed by atoms with Gasteiger partial charge in [0, 0.05) is 75.1 Å². The number of unbranched alkanes of at least 4 members (excludes halogenated alkanes) is 1. The summed E-state index contributed by atoms with van der Waals surface area (Å²) >= 11 is 0. The molecule has 1 aliphatic rings. The Hall–Kier alpha value is -6.21. The Morgan fingerprint density at radius 2 is 0.989 bits per heavy atom. The molecule has 91 heavy (non-hydrogen) atoms. The second-order valence-electron chi connectivity index (χ2n) is 26.8. The van der Waals surface area contributed by atoms with Crippen molar-refractivity contribution in [3.63, 3.8) is 0 Å². The average molecular weight is 1290 g/mol. The zero-order valence-corrected chi connectivity index (χ0v) is 59.7. The molecule has 0 saturated carbocycles. The molecule has 11 amide bonds. The van der Waals surface area contributed by atoms with E-state index in [1.165, 1.54) is 80.6 Å². The van der Waals surface area contributed by atoms with Gasteiger partial charge in [0.15, 0.2) is 0 Å². The van der Waals surface area contributed by atoms with Crippen LogP contribution in [0.4, 0.5) is 0 Å². The highest BCUT2D eigenvalue weighted by atomic mass is 16.5. The lowest BCUT2D eigenvalue weighted by Gasteiger charge is -2.41. The Morgan fingerprint density at radius 3 is 1.47 bits per heavy atom. The molecular formula is C66H119N11O14. The van der Waals surface area contributed by atoms with Crippen molar-refractivity contribution in [3.05, 3.63) is 12.2 Å². The topological polar surface area (TPSA) is 297 Å². The van der Waals surface area contributed by atoms with Gasteiger partial charge in [-0.15, -0.1) is 0 Å². The number of carbonyl (C=O) groups is 11. The molecular weight excluding hydrogens is 1170 g/mol. The summed E-state index contributed by atoms with van der Waals surface area (Å²) in [6.07, 6.45) is 2.76. The van der Waals surface area contributed by atoms with E-state index in [0.29, 0.717) is 25.9 Å². The molecule has 25 heteroatoms. The quantitative estimate of drug-likeness (QED) is 0.0813. The van der Waals surface area contributed by atoms with Gasteiger partial charge in [0.1, 0.15) is 60.4 Å². The van der Waals surface area contributed by atoms with Gasteiger partial charge < -0.3 is 70.1 Å². The number of aliphatic hydroxyl groups is 1. The van der Waals surface area contributed by atoms with Gasteiger partial charge >= 0.3 is 0 Å². The van der Waals surface area contributed by atoms with E-state index >= 15 is 14.4 Å². The molecule has 0 aliphatic carbocycles. The zero-order chi connectivity index (χ0) is 70.2. The number of hydrogen-bond acceptors (Lipinski definition) is 14. The first kappa shape index (κ1) is 82.8. The molecule has 0 aromatic carbocycles. The summed E-state index contributed by atoms with van der Waals surface area (Å²) in [5, 5.41) is 23.2. The standard InChI is InChI=1S/C66H119N11O14/c1-25-30-43(14)56(79)55-60(83)69-47(27-3)62(85)77(31-26-2)37-51(78)74(21)54(46(17)91-33-29-28-32-90-24)59(82)70-52(41(10)11)65(88)71(18)48(34-38(4)5)58(81)67-44(15)57(80)68-45(16)61(84)72(19)49(35-39(6)7)63(86)73(20)50(36-40(8)9)64(87)75(22)53(42(12)13)66(89)76(55)23/h25,30,38-50,52-56,79H,26-29,31-37H2,1-24H3,(H,67,81)(H,68,80)(H,69,83)(H,70,82)/b30-25+/t43-,44+,45-,46-,47+,48+,49+,50+,52+,53+,54?,55+,56-/m1/s1. The van der Waals surface area contributed by atoms with Gasteiger partial charge in [-0.3, -0.25) is 52.7 Å². The maximum atomic E-state index is 15.2. The van der Waals surface area contributed by atoms with Gasteiger partial charge in [0.05, 0.1) is 18.8 Å². The minimum atomic E-state index is -1.65. The molecule has 5 N–H and O–H groups in total. The predicted octanol–water partition coefficient (Wildman–Crippen LogP) is 3.44. The second kappa shape index (κ2) is 39.4. The first-order chi connectivity index (χ1) is 42.3. The number of allylic oxidation sites excluding steroid dienone is 1. The molecule has 0 bridgehead atoms. The molecule has 1 fully saturated rings. The molecule has 1 unspecified atom stereocenters. The Labute approximate surface area is 544 Å². The Balaban J connectivity index is 4.45. The second-order valence-corrected chi connectivity index (χ2v) is 26.8. The van der Waals surface area contributed by atoms with Crippen LogP contribution in [0.5, 0.6) is 0 Å². The number of nitrogens with zero attached hydrogens (tertiary/aromatic N) is 7. The van der Waals surface area contributed by atoms with Crippen molar-refractivity contribution in [3.8, 4) is 0 Å². The fourth-order valence-corrected chi connectivity index (χ4v) is 11.5. The molecule has 522 valence electrons.